The first-order chi connectivity index (χ1) is 7.86. The lowest BCUT2D eigenvalue weighted by Crippen LogP contribution is -2.25. The van der Waals surface area contributed by atoms with E-state index in [9.17, 15) is 13.0 Å². The van der Waals surface area contributed by atoms with Gasteiger partial charge in [-0.25, -0.2) is 0 Å². The predicted octanol–water partition coefficient (Wildman–Crippen LogP) is 1.98. The van der Waals surface area contributed by atoms with Gasteiger partial charge in [0.2, 0.25) is 0 Å². The van der Waals surface area contributed by atoms with Gasteiger partial charge in [-0.05, 0) is 22.7 Å². The molecule has 2 radical (unpaired) electrons. The van der Waals surface area contributed by atoms with Crippen molar-refractivity contribution in [1.82, 2.24) is 0 Å². The molecule has 92 valence electrons. The molecule has 0 amide bonds. The van der Waals surface area contributed by atoms with Gasteiger partial charge in [0, 0.05) is 0 Å². The Hall–Kier alpha value is -0.913. The molecule has 0 fully saturated rings. The molecule has 1 aromatic rings. The molecule has 1 rings (SSSR count). The molecule has 0 aliphatic carbocycles. The SMILES string of the molecule is C=Cc1cccc(S(=O)(=O)O)c1[Si]CC(C)C. The highest BCUT2D eigenvalue weighted by molar-refractivity contribution is 7.86. The summed E-state index contributed by atoms with van der Waals surface area (Å²) in [7, 11) is -3.80. The number of hydrogen-bond acceptors (Lipinski definition) is 2. The monoisotopic (exact) mass is 268 g/mol. The van der Waals surface area contributed by atoms with Crippen LogP contribution < -0.4 is 5.19 Å². The maximum atomic E-state index is 11.3. The molecule has 1 N–H and O–H groups in total. The highest BCUT2D eigenvalue weighted by Gasteiger charge is 2.17. The summed E-state index contributed by atoms with van der Waals surface area (Å²) in [4.78, 5) is 0.00823. The second kappa shape index (κ2) is 5.62. The molecule has 0 heterocycles. The van der Waals surface area contributed by atoms with Crippen molar-refractivity contribution in [3.8, 4) is 0 Å². The average Bonchev–Trinajstić information content (AvgIpc) is 2.24. The summed E-state index contributed by atoms with van der Waals surface area (Å²) in [5.74, 6) is 0.487. The molecule has 0 unspecified atom stereocenters. The molecule has 0 aromatic heterocycles. The minimum Gasteiger partial charge on any atom is -0.282 e. The van der Waals surface area contributed by atoms with E-state index in [2.05, 4.69) is 20.4 Å². The minimum absolute atomic E-state index is 0.00823. The lowest BCUT2D eigenvalue weighted by molar-refractivity contribution is 0.484. The number of rotatable bonds is 5. The zero-order chi connectivity index (χ0) is 13.1. The highest BCUT2D eigenvalue weighted by atomic mass is 32.2. The van der Waals surface area contributed by atoms with Crippen molar-refractivity contribution >= 4 is 30.9 Å². The summed E-state index contributed by atoms with van der Waals surface area (Å²) in [6.45, 7) is 7.83. The normalized spacial score (nSPS) is 11.8. The van der Waals surface area contributed by atoms with Crippen LogP contribution in [0.2, 0.25) is 6.04 Å². The van der Waals surface area contributed by atoms with Gasteiger partial charge in [0.15, 0.2) is 0 Å². The van der Waals surface area contributed by atoms with E-state index in [-0.39, 0.29) is 4.90 Å². The molecule has 1 aromatic carbocycles. The standard InChI is InChI=1S/C12H16O3SSi/c1-4-10-6-5-7-11(16(13,14)15)12(10)17-8-9(2)3/h4-7,9H,1,8H2,2-3H3,(H,13,14,15). The average molecular weight is 268 g/mol. The molecule has 0 atom stereocenters. The molecule has 0 bridgehead atoms. The zero-order valence-electron chi connectivity index (χ0n) is 9.97. The van der Waals surface area contributed by atoms with Crippen molar-refractivity contribution in [3.63, 3.8) is 0 Å². The molecule has 0 spiro atoms. The van der Waals surface area contributed by atoms with Crippen LogP contribution in [0, 0.1) is 5.92 Å². The summed E-state index contributed by atoms with van der Waals surface area (Å²) in [6.07, 6.45) is 1.62. The Bertz CT molecular complexity index is 506. The Morgan fingerprint density at radius 1 is 1.47 bits per heavy atom. The second-order valence-corrected chi connectivity index (χ2v) is 6.83. The summed E-state index contributed by atoms with van der Waals surface area (Å²) >= 11 is 0. The Morgan fingerprint density at radius 2 is 2.12 bits per heavy atom. The van der Waals surface area contributed by atoms with E-state index in [1.54, 1.807) is 12.1 Å². The Labute approximate surface area is 105 Å². The molecule has 0 saturated heterocycles. The van der Waals surface area contributed by atoms with Gasteiger partial charge >= 0.3 is 0 Å². The first kappa shape index (κ1) is 14.1. The molecule has 17 heavy (non-hydrogen) atoms. The summed E-state index contributed by atoms with van der Waals surface area (Å²) in [5.41, 5.74) is 0.777. The Kier molecular flexibility index (Phi) is 4.67. The van der Waals surface area contributed by atoms with Crippen LogP contribution in [-0.4, -0.2) is 22.5 Å². The third-order valence-corrected chi connectivity index (χ3v) is 5.25. The zero-order valence-corrected chi connectivity index (χ0v) is 11.8. The molecule has 3 nitrogen and oxygen atoms in total. The van der Waals surface area contributed by atoms with E-state index < -0.39 is 10.1 Å². The first-order valence-corrected chi connectivity index (χ1v) is 7.97. The summed E-state index contributed by atoms with van der Waals surface area (Å²) < 4.78 is 31.8. The van der Waals surface area contributed by atoms with Crippen LogP contribution in [0.15, 0.2) is 29.7 Å². The van der Waals surface area contributed by atoms with E-state index in [1.807, 2.05) is 6.07 Å². The number of benzene rings is 1. The van der Waals surface area contributed by atoms with E-state index in [0.717, 1.165) is 11.6 Å². The van der Waals surface area contributed by atoms with E-state index in [4.69, 9.17) is 0 Å². The van der Waals surface area contributed by atoms with Gasteiger partial charge in [0.25, 0.3) is 10.1 Å². The quantitative estimate of drug-likeness (QED) is 0.656. The van der Waals surface area contributed by atoms with Crippen molar-refractivity contribution < 1.29 is 13.0 Å². The Balaban J connectivity index is 3.26. The van der Waals surface area contributed by atoms with Crippen LogP contribution in [0.4, 0.5) is 0 Å². The fourth-order valence-corrected chi connectivity index (χ4v) is 3.92. The largest absolute Gasteiger partial charge is 0.294 e. The van der Waals surface area contributed by atoms with Crippen LogP contribution in [0.1, 0.15) is 19.4 Å². The van der Waals surface area contributed by atoms with Crippen molar-refractivity contribution in [1.29, 1.82) is 0 Å². The lowest BCUT2D eigenvalue weighted by Gasteiger charge is -2.11. The topological polar surface area (TPSA) is 54.4 Å². The van der Waals surface area contributed by atoms with Crippen molar-refractivity contribution in [3.05, 3.63) is 30.3 Å². The fourth-order valence-electron chi connectivity index (χ4n) is 1.43. The molecule has 0 saturated carbocycles. The predicted molar refractivity (Wildman–Crippen MR) is 71.4 cm³/mol. The maximum absolute atomic E-state index is 11.3. The van der Waals surface area contributed by atoms with Crippen LogP contribution in [0.5, 0.6) is 0 Å². The Morgan fingerprint density at radius 3 is 2.59 bits per heavy atom. The first-order valence-electron chi connectivity index (χ1n) is 5.33. The van der Waals surface area contributed by atoms with Crippen molar-refractivity contribution in [2.75, 3.05) is 0 Å². The van der Waals surface area contributed by atoms with Gasteiger partial charge in [-0.1, -0.05) is 44.7 Å². The van der Waals surface area contributed by atoms with Gasteiger partial charge in [0.1, 0.15) is 0 Å². The van der Waals surface area contributed by atoms with E-state index in [1.165, 1.54) is 6.07 Å². The molecular weight excluding hydrogens is 252 g/mol. The molecule has 0 aliphatic heterocycles. The van der Waals surface area contributed by atoms with Gasteiger partial charge in [-0.15, -0.1) is 0 Å². The summed E-state index contributed by atoms with van der Waals surface area (Å²) in [6, 6.07) is 5.76. The van der Waals surface area contributed by atoms with Gasteiger partial charge < -0.3 is 0 Å². The van der Waals surface area contributed by atoms with Crippen LogP contribution >= 0.6 is 0 Å². The summed E-state index contributed by atoms with van der Waals surface area (Å²) in [5, 5.41) is 0.679. The van der Waals surface area contributed by atoms with Crippen LogP contribution in [0.25, 0.3) is 6.08 Å². The molecular formula is C12H16O3SSi. The van der Waals surface area contributed by atoms with Gasteiger partial charge in [-0.2, -0.15) is 8.42 Å². The van der Waals surface area contributed by atoms with Crippen LogP contribution in [0.3, 0.4) is 0 Å². The number of hydrogen-bond donors (Lipinski definition) is 1. The molecule has 5 heteroatoms. The van der Waals surface area contributed by atoms with E-state index in [0.29, 0.717) is 20.6 Å². The van der Waals surface area contributed by atoms with E-state index >= 15 is 0 Å². The third kappa shape index (κ3) is 3.80. The minimum atomic E-state index is -4.15. The maximum Gasteiger partial charge on any atom is 0.294 e. The highest BCUT2D eigenvalue weighted by Crippen LogP contribution is 2.11. The fraction of sp³-hybridized carbons (Fsp3) is 0.333. The van der Waals surface area contributed by atoms with Crippen LogP contribution in [-0.2, 0) is 10.1 Å². The van der Waals surface area contributed by atoms with Crippen molar-refractivity contribution in [2.45, 2.75) is 24.8 Å². The third-order valence-electron chi connectivity index (χ3n) is 2.24. The second-order valence-electron chi connectivity index (χ2n) is 4.17. The molecule has 0 aliphatic rings. The van der Waals surface area contributed by atoms with Gasteiger partial charge in [0.05, 0.1) is 14.4 Å². The smallest absolute Gasteiger partial charge is 0.282 e. The van der Waals surface area contributed by atoms with Crippen molar-refractivity contribution in [2.24, 2.45) is 5.92 Å². The lowest BCUT2D eigenvalue weighted by atomic mass is 10.2. The van der Waals surface area contributed by atoms with Gasteiger partial charge in [-0.3, -0.25) is 4.55 Å².